The van der Waals surface area contributed by atoms with Gasteiger partial charge >= 0.3 is 0 Å². The minimum atomic E-state index is -3.54. The fraction of sp³-hybridized carbons (Fsp3) is 0.316. The first-order valence-electron chi connectivity index (χ1n) is 8.29. The normalized spacial score (nSPS) is 12.8. The largest absolute Gasteiger partial charge is 0.348 e. The number of amides is 1. The fourth-order valence-corrected chi connectivity index (χ4v) is 3.31. The summed E-state index contributed by atoms with van der Waals surface area (Å²) in [7, 11) is -3.54. The number of nitrogens with one attached hydrogen (secondary N) is 1. The minimum absolute atomic E-state index is 0.150. The first-order chi connectivity index (χ1) is 12.3. The molecule has 0 fully saturated rings. The summed E-state index contributed by atoms with van der Waals surface area (Å²) in [6, 6.07) is 15.1. The monoisotopic (exact) mass is 378 g/mol. The Bertz CT molecular complexity index is 824. The summed E-state index contributed by atoms with van der Waals surface area (Å²) in [6.07, 6.45) is 1.47. The Morgan fingerprint density at radius 3 is 2.31 bits per heavy atom. The maximum absolute atomic E-state index is 12.9. The molecular weight excluding hydrogens is 355 g/mol. The molecule has 0 aromatic heterocycles. The fourth-order valence-electron chi connectivity index (χ4n) is 2.54. The molecule has 0 spiro atoms. The second kappa shape index (κ2) is 8.91. The van der Waals surface area contributed by atoms with Gasteiger partial charge in [0.05, 0.1) is 18.8 Å². The van der Waals surface area contributed by atoms with Gasteiger partial charge in [0.15, 0.2) is 0 Å². The van der Waals surface area contributed by atoms with E-state index >= 15 is 0 Å². The van der Waals surface area contributed by atoms with Gasteiger partial charge < -0.3 is 5.32 Å². The van der Waals surface area contributed by atoms with Gasteiger partial charge in [-0.2, -0.15) is 4.31 Å². The van der Waals surface area contributed by atoms with Gasteiger partial charge in [-0.3, -0.25) is 4.79 Å². The lowest BCUT2D eigenvalue weighted by Gasteiger charge is -2.21. The van der Waals surface area contributed by atoms with Gasteiger partial charge in [0, 0.05) is 6.54 Å². The summed E-state index contributed by atoms with van der Waals surface area (Å²) >= 11 is 0. The highest BCUT2D eigenvalue weighted by molar-refractivity contribution is 7.88. The Morgan fingerprint density at radius 2 is 1.73 bits per heavy atom. The Morgan fingerprint density at radius 1 is 1.12 bits per heavy atom. The molecule has 0 aliphatic heterocycles. The molecule has 0 bridgehead atoms. The van der Waals surface area contributed by atoms with E-state index in [0.717, 1.165) is 21.7 Å². The zero-order valence-electron chi connectivity index (χ0n) is 14.9. The average Bonchev–Trinajstić information content (AvgIpc) is 2.59. The second-order valence-corrected chi connectivity index (χ2v) is 8.16. The minimum Gasteiger partial charge on any atom is -0.348 e. The molecule has 1 N–H and O–H groups in total. The molecule has 5 nitrogen and oxygen atoms in total. The van der Waals surface area contributed by atoms with Gasteiger partial charge in [0.2, 0.25) is 15.9 Å². The number of rotatable bonds is 8. The summed E-state index contributed by atoms with van der Waals surface area (Å²) in [5.74, 6) is -0.714. The van der Waals surface area contributed by atoms with Crippen LogP contribution >= 0.6 is 0 Å². The second-order valence-electron chi connectivity index (χ2n) is 6.17. The van der Waals surface area contributed by atoms with Crippen LogP contribution in [0, 0.1) is 5.82 Å². The number of carbonyl (C=O) groups excluding carboxylic acids is 1. The van der Waals surface area contributed by atoms with Crippen LogP contribution in [0.2, 0.25) is 0 Å². The van der Waals surface area contributed by atoms with E-state index in [4.69, 9.17) is 0 Å². The maximum Gasteiger partial charge on any atom is 0.235 e. The summed E-state index contributed by atoms with van der Waals surface area (Å²) in [6.45, 7) is 1.74. The molecule has 0 saturated heterocycles. The van der Waals surface area contributed by atoms with E-state index < -0.39 is 10.0 Å². The third kappa shape index (κ3) is 6.24. The van der Waals surface area contributed by atoms with Crippen LogP contribution in [0.25, 0.3) is 0 Å². The molecule has 2 aromatic rings. The molecule has 7 heteroatoms. The summed E-state index contributed by atoms with van der Waals surface area (Å²) in [5.41, 5.74) is 1.75. The standard InChI is InChI=1S/C19H23FN2O3S/c1-15(17-6-4-3-5-7-17)21-19(23)14-22(26(2,24)25)13-12-16-8-10-18(20)11-9-16/h3-11,15H,12-14H2,1-2H3,(H,21,23). The first kappa shape index (κ1) is 20.1. The Balaban J connectivity index is 1.96. The van der Waals surface area contributed by atoms with E-state index in [0.29, 0.717) is 6.42 Å². The van der Waals surface area contributed by atoms with Crippen molar-refractivity contribution in [1.82, 2.24) is 9.62 Å². The average molecular weight is 378 g/mol. The predicted octanol–water partition coefficient (Wildman–Crippen LogP) is 2.51. The molecule has 2 rings (SSSR count). The summed E-state index contributed by atoms with van der Waals surface area (Å²) < 4.78 is 38.0. The SMILES string of the molecule is CC(NC(=O)CN(CCc1ccc(F)cc1)S(C)(=O)=O)c1ccccc1. The van der Waals surface area contributed by atoms with Crippen molar-refractivity contribution in [3.05, 3.63) is 71.5 Å². The van der Waals surface area contributed by atoms with E-state index in [-0.39, 0.29) is 30.9 Å². The van der Waals surface area contributed by atoms with Gasteiger partial charge in [-0.1, -0.05) is 42.5 Å². The molecular formula is C19H23FN2O3S. The molecule has 26 heavy (non-hydrogen) atoms. The van der Waals surface area contributed by atoms with Crippen molar-refractivity contribution in [3.8, 4) is 0 Å². The molecule has 1 unspecified atom stereocenters. The van der Waals surface area contributed by atoms with Gasteiger partial charge in [-0.25, -0.2) is 12.8 Å². The van der Waals surface area contributed by atoms with Gasteiger partial charge in [0.1, 0.15) is 5.82 Å². The van der Waals surface area contributed by atoms with E-state index in [1.165, 1.54) is 12.1 Å². The highest BCUT2D eigenvalue weighted by Crippen LogP contribution is 2.11. The molecule has 1 amide bonds. The van der Waals surface area contributed by atoms with Crippen LogP contribution in [-0.4, -0.2) is 38.0 Å². The lowest BCUT2D eigenvalue weighted by Crippen LogP contribution is -2.41. The van der Waals surface area contributed by atoms with Crippen molar-refractivity contribution >= 4 is 15.9 Å². The zero-order valence-corrected chi connectivity index (χ0v) is 15.7. The van der Waals surface area contributed by atoms with Crippen LogP contribution in [-0.2, 0) is 21.2 Å². The lowest BCUT2D eigenvalue weighted by atomic mass is 10.1. The van der Waals surface area contributed by atoms with Crippen LogP contribution in [0.15, 0.2) is 54.6 Å². The summed E-state index contributed by atoms with van der Waals surface area (Å²) in [4.78, 5) is 12.3. The van der Waals surface area contributed by atoms with Crippen LogP contribution < -0.4 is 5.32 Å². The van der Waals surface area contributed by atoms with Crippen molar-refractivity contribution in [3.63, 3.8) is 0 Å². The predicted molar refractivity (Wildman–Crippen MR) is 99.5 cm³/mol. The number of carbonyl (C=O) groups is 1. The quantitative estimate of drug-likeness (QED) is 0.768. The van der Waals surface area contributed by atoms with Crippen molar-refractivity contribution in [2.24, 2.45) is 0 Å². The number of nitrogens with zero attached hydrogens (tertiary/aromatic N) is 1. The van der Waals surface area contributed by atoms with E-state index in [1.54, 1.807) is 12.1 Å². The van der Waals surface area contributed by atoms with Crippen LogP contribution in [0.3, 0.4) is 0 Å². The topological polar surface area (TPSA) is 66.5 Å². The number of halogens is 1. The Hall–Kier alpha value is -2.25. The van der Waals surface area contributed by atoms with Crippen LogP contribution in [0.1, 0.15) is 24.1 Å². The van der Waals surface area contributed by atoms with Gasteiger partial charge in [0.25, 0.3) is 0 Å². The van der Waals surface area contributed by atoms with Crippen molar-refractivity contribution in [1.29, 1.82) is 0 Å². The highest BCUT2D eigenvalue weighted by Gasteiger charge is 2.21. The molecule has 0 aliphatic carbocycles. The number of sulfonamides is 1. The molecule has 0 heterocycles. The van der Waals surface area contributed by atoms with Crippen LogP contribution in [0.5, 0.6) is 0 Å². The number of hydrogen-bond donors (Lipinski definition) is 1. The van der Waals surface area contributed by atoms with Crippen molar-refractivity contribution in [2.45, 2.75) is 19.4 Å². The Labute approximate surface area is 153 Å². The highest BCUT2D eigenvalue weighted by atomic mass is 32.2. The maximum atomic E-state index is 12.9. The number of benzene rings is 2. The van der Waals surface area contributed by atoms with Crippen molar-refractivity contribution < 1.29 is 17.6 Å². The molecule has 1 atom stereocenters. The molecule has 0 saturated carbocycles. The third-order valence-corrected chi connectivity index (χ3v) is 5.28. The van der Waals surface area contributed by atoms with Crippen LogP contribution in [0.4, 0.5) is 4.39 Å². The van der Waals surface area contributed by atoms with Gasteiger partial charge in [-0.15, -0.1) is 0 Å². The van der Waals surface area contributed by atoms with E-state index in [2.05, 4.69) is 5.32 Å². The van der Waals surface area contributed by atoms with E-state index in [1.807, 2.05) is 37.3 Å². The smallest absolute Gasteiger partial charge is 0.235 e. The molecule has 140 valence electrons. The Kier molecular flexibility index (Phi) is 6.88. The zero-order chi connectivity index (χ0) is 19.2. The summed E-state index contributed by atoms with van der Waals surface area (Å²) in [5, 5.41) is 2.81. The van der Waals surface area contributed by atoms with E-state index in [9.17, 15) is 17.6 Å². The molecule has 0 aliphatic rings. The third-order valence-electron chi connectivity index (χ3n) is 4.03. The molecule has 0 radical (unpaired) electrons. The number of hydrogen-bond acceptors (Lipinski definition) is 3. The van der Waals surface area contributed by atoms with Crippen molar-refractivity contribution in [2.75, 3.05) is 19.3 Å². The molecule has 2 aromatic carbocycles. The first-order valence-corrected chi connectivity index (χ1v) is 10.1. The lowest BCUT2D eigenvalue weighted by molar-refractivity contribution is -0.121. The van der Waals surface area contributed by atoms with Gasteiger partial charge in [-0.05, 0) is 36.6 Å².